The highest BCUT2D eigenvalue weighted by Gasteiger charge is 2.09. The summed E-state index contributed by atoms with van der Waals surface area (Å²) in [6.45, 7) is 8.68. The number of amides is 1. The van der Waals surface area contributed by atoms with Gasteiger partial charge in [-0.25, -0.2) is 0 Å². The number of nitrogens with two attached hydrogens (primary N) is 1. The van der Waals surface area contributed by atoms with Crippen molar-refractivity contribution in [3.8, 4) is 0 Å². The first-order chi connectivity index (χ1) is 7.47. The maximum absolute atomic E-state index is 11.2. The van der Waals surface area contributed by atoms with Gasteiger partial charge in [-0.3, -0.25) is 4.79 Å². The van der Waals surface area contributed by atoms with Crippen LogP contribution in [0, 0.1) is 5.92 Å². The Morgan fingerprint density at radius 2 is 2.00 bits per heavy atom. The minimum atomic E-state index is 0.127. The van der Waals surface area contributed by atoms with Crippen molar-refractivity contribution < 1.29 is 4.79 Å². The van der Waals surface area contributed by atoms with Crippen LogP contribution in [0.2, 0.25) is 0 Å². The zero-order chi connectivity index (χ0) is 12.6. The third-order valence-corrected chi connectivity index (χ3v) is 2.79. The van der Waals surface area contributed by atoms with E-state index in [1.54, 1.807) is 0 Å². The van der Waals surface area contributed by atoms with Crippen molar-refractivity contribution in [1.29, 1.82) is 0 Å². The number of nitrogens with one attached hydrogen (secondary N) is 1. The van der Waals surface area contributed by atoms with Gasteiger partial charge in [0.25, 0.3) is 0 Å². The molecule has 0 aromatic heterocycles. The first kappa shape index (κ1) is 15.4. The molecule has 3 N–H and O–H groups in total. The predicted octanol–water partition coefficient (Wildman–Crippen LogP) is 0.818. The number of nitrogens with zero attached hydrogens (tertiary/aromatic N) is 1. The lowest BCUT2D eigenvalue weighted by atomic mass is 10.0. The normalized spacial score (nSPS) is 13.2. The van der Waals surface area contributed by atoms with Gasteiger partial charge in [-0.1, -0.05) is 13.8 Å². The van der Waals surface area contributed by atoms with Crippen LogP contribution in [0.1, 0.15) is 33.6 Å². The van der Waals surface area contributed by atoms with Crippen LogP contribution in [0.25, 0.3) is 0 Å². The van der Waals surface area contributed by atoms with Crippen LogP contribution in [-0.2, 0) is 4.79 Å². The van der Waals surface area contributed by atoms with E-state index in [1.165, 1.54) is 0 Å². The average Bonchev–Trinajstić information content (AvgIpc) is 2.23. The van der Waals surface area contributed by atoms with E-state index in [0.29, 0.717) is 18.9 Å². The number of hydrogen-bond acceptors (Lipinski definition) is 3. The smallest absolute Gasteiger partial charge is 0.221 e. The van der Waals surface area contributed by atoms with Crippen molar-refractivity contribution >= 4 is 5.91 Å². The van der Waals surface area contributed by atoms with Gasteiger partial charge in [-0.15, -0.1) is 0 Å². The lowest BCUT2D eigenvalue weighted by molar-refractivity contribution is -0.121. The van der Waals surface area contributed by atoms with Gasteiger partial charge < -0.3 is 16.0 Å². The Morgan fingerprint density at radius 1 is 1.38 bits per heavy atom. The van der Waals surface area contributed by atoms with E-state index < -0.39 is 0 Å². The molecule has 1 unspecified atom stereocenters. The zero-order valence-electron chi connectivity index (χ0n) is 11.1. The molecule has 0 aliphatic rings. The number of carbonyl (C=O) groups excluding carboxylic acids is 1. The molecule has 1 atom stereocenters. The van der Waals surface area contributed by atoms with Gasteiger partial charge in [0.2, 0.25) is 5.91 Å². The molecule has 0 aliphatic carbocycles. The molecule has 0 aliphatic heterocycles. The van der Waals surface area contributed by atoms with E-state index in [4.69, 9.17) is 5.73 Å². The molecule has 0 aromatic carbocycles. The third-order valence-electron chi connectivity index (χ3n) is 2.79. The molecule has 0 fully saturated rings. The van der Waals surface area contributed by atoms with E-state index in [1.807, 2.05) is 14.0 Å². The van der Waals surface area contributed by atoms with Gasteiger partial charge in [-0.05, 0) is 32.9 Å². The molecule has 0 aromatic rings. The minimum absolute atomic E-state index is 0.127. The van der Waals surface area contributed by atoms with Crippen LogP contribution >= 0.6 is 0 Å². The zero-order valence-corrected chi connectivity index (χ0v) is 11.1. The van der Waals surface area contributed by atoms with Crippen LogP contribution in [0.5, 0.6) is 0 Å². The minimum Gasteiger partial charge on any atom is -0.356 e. The van der Waals surface area contributed by atoms with E-state index in [0.717, 1.165) is 19.5 Å². The second-order valence-electron chi connectivity index (χ2n) is 4.70. The SMILES string of the molecule is CCNC(=O)CCN(C)CCC(N)C(C)C. The summed E-state index contributed by atoms with van der Waals surface area (Å²) >= 11 is 0. The van der Waals surface area contributed by atoms with E-state index in [2.05, 4.69) is 24.1 Å². The van der Waals surface area contributed by atoms with Crippen LogP contribution in [0.3, 0.4) is 0 Å². The lowest BCUT2D eigenvalue weighted by Crippen LogP contribution is -2.33. The molecule has 4 heteroatoms. The topological polar surface area (TPSA) is 58.4 Å². The molecule has 16 heavy (non-hydrogen) atoms. The summed E-state index contributed by atoms with van der Waals surface area (Å²) in [5.74, 6) is 0.652. The Labute approximate surface area is 99.6 Å². The maximum Gasteiger partial charge on any atom is 0.221 e. The molecule has 0 saturated heterocycles. The highest BCUT2D eigenvalue weighted by Crippen LogP contribution is 2.03. The fraction of sp³-hybridized carbons (Fsp3) is 0.917. The van der Waals surface area contributed by atoms with Gasteiger partial charge in [0.15, 0.2) is 0 Å². The molecule has 96 valence electrons. The van der Waals surface area contributed by atoms with Gasteiger partial charge in [-0.2, -0.15) is 0 Å². The molecule has 0 rings (SSSR count). The Bertz CT molecular complexity index is 195. The molecule has 4 nitrogen and oxygen atoms in total. The first-order valence-corrected chi connectivity index (χ1v) is 6.18. The van der Waals surface area contributed by atoms with Crippen LogP contribution in [0.15, 0.2) is 0 Å². The highest BCUT2D eigenvalue weighted by atomic mass is 16.1. The molecule has 1 amide bonds. The summed E-state index contributed by atoms with van der Waals surface area (Å²) in [5, 5.41) is 2.79. The Hall–Kier alpha value is -0.610. The predicted molar refractivity (Wildman–Crippen MR) is 68.2 cm³/mol. The van der Waals surface area contributed by atoms with Gasteiger partial charge in [0.05, 0.1) is 0 Å². The van der Waals surface area contributed by atoms with Crippen molar-refractivity contribution in [3.05, 3.63) is 0 Å². The van der Waals surface area contributed by atoms with Crippen molar-refractivity contribution in [3.63, 3.8) is 0 Å². The van der Waals surface area contributed by atoms with Crippen LogP contribution < -0.4 is 11.1 Å². The quantitative estimate of drug-likeness (QED) is 0.648. The van der Waals surface area contributed by atoms with E-state index in [9.17, 15) is 4.79 Å². The van der Waals surface area contributed by atoms with Crippen LogP contribution in [-0.4, -0.2) is 43.5 Å². The standard InChI is InChI=1S/C12H27N3O/c1-5-14-12(16)7-9-15(4)8-6-11(13)10(2)3/h10-11H,5-9,13H2,1-4H3,(H,14,16). The molecular formula is C12H27N3O. The molecular weight excluding hydrogens is 202 g/mol. The number of carbonyl (C=O) groups is 1. The molecule has 0 spiro atoms. The lowest BCUT2D eigenvalue weighted by Gasteiger charge is -2.21. The number of rotatable bonds is 8. The largest absolute Gasteiger partial charge is 0.356 e. The van der Waals surface area contributed by atoms with Gasteiger partial charge >= 0.3 is 0 Å². The summed E-state index contributed by atoms with van der Waals surface area (Å²) < 4.78 is 0. The number of hydrogen-bond donors (Lipinski definition) is 2. The Balaban J connectivity index is 3.58. The Kier molecular flexibility index (Phi) is 8.21. The summed E-state index contributed by atoms with van der Waals surface area (Å²) in [5.41, 5.74) is 5.96. The molecule has 0 bridgehead atoms. The molecule has 0 heterocycles. The monoisotopic (exact) mass is 229 g/mol. The van der Waals surface area contributed by atoms with Crippen molar-refractivity contribution in [2.24, 2.45) is 11.7 Å². The fourth-order valence-electron chi connectivity index (χ4n) is 1.39. The van der Waals surface area contributed by atoms with E-state index >= 15 is 0 Å². The summed E-state index contributed by atoms with van der Waals surface area (Å²) in [6.07, 6.45) is 1.56. The Morgan fingerprint density at radius 3 is 2.50 bits per heavy atom. The van der Waals surface area contributed by atoms with E-state index in [-0.39, 0.29) is 11.9 Å². The van der Waals surface area contributed by atoms with Gasteiger partial charge in [0.1, 0.15) is 0 Å². The van der Waals surface area contributed by atoms with Crippen molar-refractivity contribution in [2.75, 3.05) is 26.7 Å². The average molecular weight is 229 g/mol. The maximum atomic E-state index is 11.2. The fourth-order valence-corrected chi connectivity index (χ4v) is 1.39. The highest BCUT2D eigenvalue weighted by molar-refractivity contribution is 5.75. The van der Waals surface area contributed by atoms with Gasteiger partial charge in [0, 0.05) is 25.6 Å². The molecule has 0 saturated carbocycles. The second kappa shape index (κ2) is 8.53. The summed E-state index contributed by atoms with van der Waals surface area (Å²) in [7, 11) is 2.03. The third kappa shape index (κ3) is 7.65. The van der Waals surface area contributed by atoms with Crippen LogP contribution in [0.4, 0.5) is 0 Å². The molecule has 0 radical (unpaired) electrons. The first-order valence-electron chi connectivity index (χ1n) is 6.18. The second-order valence-corrected chi connectivity index (χ2v) is 4.70. The van der Waals surface area contributed by atoms with Crippen molar-refractivity contribution in [2.45, 2.75) is 39.7 Å². The summed E-state index contributed by atoms with van der Waals surface area (Å²) in [6, 6.07) is 0.256. The van der Waals surface area contributed by atoms with Crippen molar-refractivity contribution in [1.82, 2.24) is 10.2 Å². The summed E-state index contributed by atoms with van der Waals surface area (Å²) in [4.78, 5) is 13.4.